The van der Waals surface area contributed by atoms with E-state index in [4.69, 9.17) is 0 Å². The molecule has 0 spiro atoms. The fraction of sp³-hybridized carbons (Fsp3) is 0.0952. The summed E-state index contributed by atoms with van der Waals surface area (Å²) in [6, 6.07) is 15.8. The van der Waals surface area contributed by atoms with Crippen LogP contribution in [0.1, 0.15) is 21.6 Å². The molecule has 0 saturated heterocycles. The molecule has 128 valence electrons. The normalized spacial score (nSPS) is 12.5. The fourth-order valence-corrected chi connectivity index (χ4v) is 2.96. The predicted octanol–water partition coefficient (Wildman–Crippen LogP) is 3.57. The Morgan fingerprint density at radius 3 is 2.73 bits per heavy atom. The number of pyridine rings is 2. The van der Waals surface area contributed by atoms with Crippen molar-refractivity contribution in [2.75, 3.05) is 11.4 Å². The van der Waals surface area contributed by atoms with Crippen LogP contribution in [0.15, 0.2) is 73.2 Å². The number of nitrogens with zero attached hydrogens (tertiary/aromatic N) is 3. The summed E-state index contributed by atoms with van der Waals surface area (Å²) in [4.78, 5) is 23.0. The summed E-state index contributed by atoms with van der Waals surface area (Å²) in [6.45, 7) is 1.23. The van der Waals surface area contributed by atoms with Gasteiger partial charge in [0.15, 0.2) is 0 Å². The van der Waals surface area contributed by atoms with Crippen LogP contribution in [0.25, 0.3) is 6.08 Å². The van der Waals surface area contributed by atoms with Gasteiger partial charge in [-0.05, 0) is 35.9 Å². The molecule has 0 bridgehead atoms. The zero-order valence-corrected chi connectivity index (χ0v) is 14.2. The van der Waals surface area contributed by atoms with E-state index in [1.807, 2.05) is 42.5 Å². The molecule has 5 heteroatoms. The molecule has 3 heterocycles. The van der Waals surface area contributed by atoms with Gasteiger partial charge in [-0.3, -0.25) is 9.78 Å². The summed E-state index contributed by atoms with van der Waals surface area (Å²) in [5, 5.41) is 2.90. The maximum absolute atomic E-state index is 12.4. The van der Waals surface area contributed by atoms with Gasteiger partial charge in [-0.25, -0.2) is 4.98 Å². The number of carbonyl (C=O) groups excluding carboxylic acids is 1. The van der Waals surface area contributed by atoms with Gasteiger partial charge in [0, 0.05) is 36.7 Å². The van der Waals surface area contributed by atoms with E-state index in [1.165, 1.54) is 0 Å². The van der Waals surface area contributed by atoms with Crippen molar-refractivity contribution in [3.63, 3.8) is 0 Å². The lowest BCUT2D eigenvalue weighted by Gasteiger charge is -2.28. The second kappa shape index (κ2) is 7.19. The molecule has 3 aromatic rings. The highest BCUT2D eigenvalue weighted by Crippen LogP contribution is 2.31. The molecule has 2 aromatic heterocycles. The van der Waals surface area contributed by atoms with E-state index in [9.17, 15) is 4.79 Å². The number of benzene rings is 1. The van der Waals surface area contributed by atoms with Crippen molar-refractivity contribution in [2.24, 2.45) is 0 Å². The SMILES string of the molecule is O=C(NCc1ccncc1)c1cc2c(cn1)N(c1ccccc1)CC=C2. The molecule has 1 aromatic carbocycles. The van der Waals surface area contributed by atoms with Crippen LogP contribution in [-0.4, -0.2) is 22.4 Å². The molecule has 0 fully saturated rings. The van der Waals surface area contributed by atoms with Gasteiger partial charge in [0.2, 0.25) is 0 Å². The van der Waals surface area contributed by atoms with Gasteiger partial charge in [0.05, 0.1) is 11.9 Å². The first-order valence-corrected chi connectivity index (χ1v) is 8.47. The summed E-state index contributed by atoms with van der Waals surface area (Å²) in [5.41, 5.74) is 4.52. The Labute approximate surface area is 152 Å². The summed E-state index contributed by atoms with van der Waals surface area (Å²) in [6.07, 6.45) is 9.32. The van der Waals surface area contributed by atoms with Crippen molar-refractivity contribution in [3.05, 3.63) is 90.0 Å². The van der Waals surface area contributed by atoms with E-state index in [1.54, 1.807) is 18.6 Å². The summed E-state index contributed by atoms with van der Waals surface area (Å²) >= 11 is 0. The highest BCUT2D eigenvalue weighted by Gasteiger charge is 2.17. The third kappa shape index (κ3) is 3.32. The number of aromatic nitrogens is 2. The van der Waals surface area contributed by atoms with Crippen LogP contribution in [0.2, 0.25) is 0 Å². The molecule has 0 unspecified atom stereocenters. The van der Waals surface area contributed by atoms with Crippen LogP contribution in [0.3, 0.4) is 0 Å². The van der Waals surface area contributed by atoms with Crippen LogP contribution in [0.4, 0.5) is 11.4 Å². The van der Waals surface area contributed by atoms with Gasteiger partial charge in [0.25, 0.3) is 5.91 Å². The van der Waals surface area contributed by atoms with E-state index in [0.717, 1.165) is 29.0 Å². The maximum atomic E-state index is 12.4. The van der Waals surface area contributed by atoms with E-state index in [2.05, 4.69) is 38.4 Å². The summed E-state index contributed by atoms with van der Waals surface area (Å²) < 4.78 is 0. The minimum atomic E-state index is -0.185. The minimum Gasteiger partial charge on any atom is -0.347 e. The standard InChI is InChI=1S/C21H18N4O/c26-21(24-14-16-8-10-22-11-9-16)19-13-17-5-4-12-25(20(17)15-23-19)18-6-2-1-3-7-18/h1-11,13,15H,12,14H2,(H,24,26). The van der Waals surface area contributed by atoms with E-state index >= 15 is 0 Å². The Hall–Kier alpha value is -3.47. The molecule has 0 aliphatic carbocycles. The monoisotopic (exact) mass is 342 g/mol. The number of hydrogen-bond acceptors (Lipinski definition) is 4. The number of hydrogen-bond donors (Lipinski definition) is 1. The average Bonchev–Trinajstić information content (AvgIpc) is 2.72. The molecule has 4 rings (SSSR count). The molecule has 1 aliphatic rings. The molecule has 0 atom stereocenters. The second-order valence-corrected chi connectivity index (χ2v) is 6.02. The quantitative estimate of drug-likeness (QED) is 0.787. The van der Waals surface area contributed by atoms with Crippen LogP contribution >= 0.6 is 0 Å². The van der Waals surface area contributed by atoms with E-state index in [-0.39, 0.29) is 5.91 Å². The number of para-hydroxylation sites is 1. The summed E-state index contributed by atoms with van der Waals surface area (Å²) in [5.74, 6) is -0.185. The summed E-state index contributed by atoms with van der Waals surface area (Å²) in [7, 11) is 0. The largest absolute Gasteiger partial charge is 0.347 e. The highest BCUT2D eigenvalue weighted by atomic mass is 16.1. The van der Waals surface area contributed by atoms with Gasteiger partial charge in [0.1, 0.15) is 5.69 Å². The Balaban J connectivity index is 1.53. The molecule has 1 N–H and O–H groups in total. The molecule has 26 heavy (non-hydrogen) atoms. The highest BCUT2D eigenvalue weighted by molar-refractivity contribution is 5.94. The number of amides is 1. The Bertz CT molecular complexity index is 939. The first-order valence-electron chi connectivity index (χ1n) is 8.47. The third-order valence-electron chi connectivity index (χ3n) is 4.29. The lowest BCUT2D eigenvalue weighted by atomic mass is 10.1. The van der Waals surface area contributed by atoms with Gasteiger partial charge in [-0.15, -0.1) is 0 Å². The second-order valence-electron chi connectivity index (χ2n) is 6.02. The maximum Gasteiger partial charge on any atom is 0.270 e. The Morgan fingerprint density at radius 2 is 1.92 bits per heavy atom. The van der Waals surface area contributed by atoms with Crippen LogP contribution < -0.4 is 10.2 Å². The van der Waals surface area contributed by atoms with Gasteiger partial charge >= 0.3 is 0 Å². The van der Waals surface area contributed by atoms with Crippen molar-refractivity contribution < 1.29 is 4.79 Å². The van der Waals surface area contributed by atoms with Crippen molar-refractivity contribution in [2.45, 2.75) is 6.54 Å². The fourth-order valence-electron chi connectivity index (χ4n) is 2.96. The van der Waals surface area contributed by atoms with Gasteiger partial charge in [-0.2, -0.15) is 0 Å². The van der Waals surface area contributed by atoms with Crippen molar-refractivity contribution in [1.82, 2.24) is 15.3 Å². The third-order valence-corrected chi connectivity index (χ3v) is 4.29. The molecule has 1 aliphatic heterocycles. The lowest BCUT2D eigenvalue weighted by Crippen LogP contribution is -2.25. The van der Waals surface area contributed by atoms with Crippen molar-refractivity contribution in [3.8, 4) is 0 Å². The van der Waals surface area contributed by atoms with E-state index in [0.29, 0.717) is 12.2 Å². The number of carbonyl (C=O) groups is 1. The topological polar surface area (TPSA) is 58.1 Å². The first kappa shape index (κ1) is 16.0. The Morgan fingerprint density at radius 1 is 1.12 bits per heavy atom. The van der Waals surface area contributed by atoms with Crippen molar-refractivity contribution >= 4 is 23.4 Å². The lowest BCUT2D eigenvalue weighted by molar-refractivity contribution is 0.0946. The van der Waals surface area contributed by atoms with Gasteiger partial charge < -0.3 is 10.2 Å². The smallest absolute Gasteiger partial charge is 0.270 e. The molecule has 1 amide bonds. The number of rotatable bonds is 4. The number of nitrogens with one attached hydrogen (secondary N) is 1. The van der Waals surface area contributed by atoms with Crippen LogP contribution in [0.5, 0.6) is 0 Å². The van der Waals surface area contributed by atoms with Crippen LogP contribution in [0, 0.1) is 0 Å². The van der Waals surface area contributed by atoms with Crippen LogP contribution in [-0.2, 0) is 6.54 Å². The number of anilines is 2. The number of fused-ring (bicyclic) bond motifs is 1. The predicted molar refractivity (Wildman–Crippen MR) is 102 cm³/mol. The van der Waals surface area contributed by atoms with Crippen molar-refractivity contribution in [1.29, 1.82) is 0 Å². The van der Waals surface area contributed by atoms with E-state index < -0.39 is 0 Å². The molecular formula is C21H18N4O. The zero-order chi connectivity index (χ0) is 17.8. The Kier molecular flexibility index (Phi) is 4.43. The molecule has 5 nitrogen and oxygen atoms in total. The first-order chi connectivity index (χ1) is 12.8. The molecular weight excluding hydrogens is 324 g/mol. The average molecular weight is 342 g/mol. The zero-order valence-electron chi connectivity index (χ0n) is 14.2. The molecule has 0 saturated carbocycles. The minimum absolute atomic E-state index is 0.185. The van der Waals surface area contributed by atoms with Gasteiger partial charge in [-0.1, -0.05) is 30.4 Å². The molecule has 0 radical (unpaired) electrons.